The number of hydrogen-bond acceptors (Lipinski definition) is 7. The third kappa shape index (κ3) is 5.56. The van der Waals surface area contributed by atoms with E-state index in [0.29, 0.717) is 29.5 Å². The summed E-state index contributed by atoms with van der Waals surface area (Å²) >= 11 is 0. The second-order valence-electron chi connectivity index (χ2n) is 14.9. The Bertz CT molecular complexity index is 1700. The Labute approximate surface area is 282 Å². The molecule has 7 nitrogen and oxygen atoms in total. The summed E-state index contributed by atoms with van der Waals surface area (Å²) in [5.74, 6) is -1.48. The molecule has 0 radical (unpaired) electrons. The van der Waals surface area contributed by atoms with Gasteiger partial charge in [0.25, 0.3) is 0 Å². The molecule has 1 spiro atoms. The first-order valence-electron chi connectivity index (χ1n) is 17.2. The summed E-state index contributed by atoms with van der Waals surface area (Å²) in [6, 6.07) is 27.1. The van der Waals surface area contributed by atoms with E-state index in [2.05, 4.69) is 33.8 Å². The Balaban J connectivity index is 1.31. The van der Waals surface area contributed by atoms with Crippen LogP contribution < -0.4 is 0 Å². The van der Waals surface area contributed by atoms with E-state index in [4.69, 9.17) is 18.9 Å². The number of carbonyl (C=O) groups is 3. The quantitative estimate of drug-likeness (QED) is 0.154. The molecule has 3 aromatic carbocycles. The molecule has 0 aromatic heterocycles. The summed E-state index contributed by atoms with van der Waals surface area (Å²) < 4.78 is 26.5. The molecule has 0 N–H and O–H groups in total. The Morgan fingerprint density at radius 3 is 1.77 bits per heavy atom. The van der Waals surface area contributed by atoms with Crippen LogP contribution in [0.15, 0.2) is 103 Å². The van der Waals surface area contributed by atoms with Crippen molar-refractivity contribution in [1.29, 1.82) is 0 Å². The molecule has 2 heterocycles. The molecule has 1 saturated heterocycles. The number of hydrogen-bond donors (Lipinski definition) is 0. The number of benzene rings is 3. The van der Waals surface area contributed by atoms with Gasteiger partial charge in [0.15, 0.2) is 0 Å². The van der Waals surface area contributed by atoms with Gasteiger partial charge in [0.2, 0.25) is 0 Å². The van der Waals surface area contributed by atoms with Crippen molar-refractivity contribution in [3.05, 3.63) is 119 Å². The molecule has 7 heteroatoms. The molecule has 3 fully saturated rings. The summed E-state index contributed by atoms with van der Waals surface area (Å²) in [6.07, 6.45) is 1.43. The predicted molar refractivity (Wildman–Crippen MR) is 180 cm³/mol. The lowest BCUT2D eigenvalue weighted by Crippen LogP contribution is -2.49. The highest BCUT2D eigenvalue weighted by Crippen LogP contribution is 2.68. The highest BCUT2D eigenvalue weighted by molar-refractivity contribution is 5.90. The van der Waals surface area contributed by atoms with E-state index < -0.39 is 41.8 Å². The van der Waals surface area contributed by atoms with E-state index in [9.17, 15) is 14.4 Å². The molecular weight excluding hydrogens is 604 g/mol. The van der Waals surface area contributed by atoms with Crippen molar-refractivity contribution in [2.24, 2.45) is 35.0 Å². The van der Waals surface area contributed by atoms with Gasteiger partial charge < -0.3 is 18.9 Å². The molecule has 7 rings (SSSR count). The summed E-state index contributed by atoms with van der Waals surface area (Å²) in [5.41, 5.74) is 1.28. The van der Waals surface area contributed by atoms with Gasteiger partial charge in [0.1, 0.15) is 23.9 Å². The first-order valence-corrected chi connectivity index (χ1v) is 17.2. The Kier molecular flexibility index (Phi) is 8.31. The van der Waals surface area contributed by atoms with Crippen molar-refractivity contribution >= 4 is 17.9 Å². The first-order chi connectivity index (χ1) is 23.0. The third-order valence-corrected chi connectivity index (χ3v) is 11.6. The zero-order chi connectivity index (χ0) is 33.8. The average Bonchev–Trinajstić information content (AvgIpc) is 3.38. The van der Waals surface area contributed by atoms with Gasteiger partial charge in [-0.3, -0.25) is 0 Å². The van der Waals surface area contributed by atoms with Gasteiger partial charge in [0, 0.05) is 11.8 Å². The molecule has 3 aromatic rings. The molecule has 0 unspecified atom stereocenters. The van der Waals surface area contributed by atoms with Crippen molar-refractivity contribution in [2.75, 3.05) is 0 Å². The van der Waals surface area contributed by atoms with Crippen LogP contribution in [0.2, 0.25) is 0 Å². The van der Waals surface area contributed by atoms with Gasteiger partial charge >= 0.3 is 17.9 Å². The van der Waals surface area contributed by atoms with Crippen LogP contribution in [-0.4, -0.2) is 47.9 Å². The minimum Gasteiger partial charge on any atom is -0.458 e. The minimum atomic E-state index is -0.953. The maximum absolute atomic E-state index is 13.7. The van der Waals surface area contributed by atoms with Crippen LogP contribution in [0.4, 0.5) is 0 Å². The number of rotatable bonds is 6. The molecule has 0 amide bonds. The SMILES string of the molecule is CC1=C[C@H]2[C@@H](OC(=O)c3ccccc3)[C@H](C)C[C@@]23O[C@H]([C@H](C)[C@@H]3OC(=O)c2ccccc2)[C@@H]2[C@@H](C[C@H]1OC(=O)c1ccccc1)C2(C)C. The zero-order valence-electron chi connectivity index (χ0n) is 28.2. The second-order valence-corrected chi connectivity index (χ2v) is 14.9. The standard InChI is InChI=1S/C41H44O7/c1-24-21-31-34(46-38(43)28-17-11-7-12-18-28)25(2)23-41(31)36(47-39(44)29-19-13-8-14-20-29)26(3)35(48-41)33-30(40(33,4)5)22-32(24)45-37(42)27-15-9-6-10-16-27/h6-21,25-26,30-36H,22-23H2,1-5H3/t25-,26+,30-,31+,32-,33+,34+,35-,36+,41-/m1/s1. The molecule has 4 aliphatic rings. The van der Waals surface area contributed by atoms with E-state index in [-0.39, 0.29) is 41.2 Å². The molecule has 2 aliphatic carbocycles. The fourth-order valence-corrected chi connectivity index (χ4v) is 9.03. The first kappa shape index (κ1) is 32.3. The van der Waals surface area contributed by atoms with Crippen LogP contribution >= 0.6 is 0 Å². The summed E-state index contributed by atoms with van der Waals surface area (Å²) in [6.45, 7) is 10.7. The normalized spacial score (nSPS) is 34.5. The van der Waals surface area contributed by atoms with E-state index in [0.717, 1.165) is 5.57 Å². The zero-order valence-corrected chi connectivity index (χ0v) is 28.2. The second kappa shape index (κ2) is 12.3. The molecule has 10 atom stereocenters. The van der Waals surface area contributed by atoms with Crippen molar-refractivity contribution in [1.82, 2.24) is 0 Å². The van der Waals surface area contributed by atoms with E-state index in [1.54, 1.807) is 36.4 Å². The van der Waals surface area contributed by atoms with Crippen LogP contribution in [-0.2, 0) is 18.9 Å². The monoisotopic (exact) mass is 648 g/mol. The van der Waals surface area contributed by atoms with Gasteiger partial charge in [-0.25, -0.2) is 14.4 Å². The van der Waals surface area contributed by atoms with Gasteiger partial charge in [-0.15, -0.1) is 0 Å². The minimum absolute atomic E-state index is 0.0840. The van der Waals surface area contributed by atoms with Crippen molar-refractivity contribution in [3.8, 4) is 0 Å². The van der Waals surface area contributed by atoms with Crippen molar-refractivity contribution in [2.45, 2.75) is 77.5 Å². The van der Waals surface area contributed by atoms with E-state index in [1.165, 1.54) is 0 Å². The summed E-state index contributed by atoms with van der Waals surface area (Å²) in [4.78, 5) is 40.7. The molecular formula is C41H44O7. The van der Waals surface area contributed by atoms with E-state index in [1.807, 2.05) is 61.5 Å². The van der Waals surface area contributed by atoms with Crippen LogP contribution in [0.3, 0.4) is 0 Å². The maximum atomic E-state index is 13.7. The highest BCUT2D eigenvalue weighted by atomic mass is 16.6. The van der Waals surface area contributed by atoms with Crippen molar-refractivity contribution in [3.63, 3.8) is 0 Å². The topological polar surface area (TPSA) is 88.1 Å². The molecule has 2 bridgehead atoms. The Morgan fingerprint density at radius 2 is 1.23 bits per heavy atom. The van der Waals surface area contributed by atoms with Crippen LogP contribution in [0.1, 0.15) is 78.5 Å². The number of carbonyl (C=O) groups excluding carboxylic acids is 3. The predicted octanol–water partition coefficient (Wildman–Crippen LogP) is 7.72. The van der Waals surface area contributed by atoms with Crippen LogP contribution in [0.5, 0.6) is 0 Å². The number of esters is 3. The fraction of sp³-hybridized carbons (Fsp3) is 0.439. The maximum Gasteiger partial charge on any atom is 0.338 e. The number of fused-ring (bicyclic) bond motifs is 3. The highest BCUT2D eigenvalue weighted by Gasteiger charge is 2.72. The summed E-state index contributed by atoms with van der Waals surface area (Å²) in [5, 5.41) is 0. The largest absolute Gasteiger partial charge is 0.458 e. The average molecular weight is 649 g/mol. The lowest BCUT2D eigenvalue weighted by molar-refractivity contribution is -0.117. The van der Waals surface area contributed by atoms with Gasteiger partial charge in [-0.05, 0) is 84.9 Å². The lowest BCUT2D eigenvalue weighted by atomic mass is 9.79. The fourth-order valence-electron chi connectivity index (χ4n) is 9.03. The molecule has 2 saturated carbocycles. The van der Waals surface area contributed by atoms with Crippen LogP contribution in [0, 0.1) is 35.0 Å². The smallest absolute Gasteiger partial charge is 0.338 e. The van der Waals surface area contributed by atoms with Crippen molar-refractivity contribution < 1.29 is 33.3 Å². The van der Waals surface area contributed by atoms with Gasteiger partial charge in [-0.2, -0.15) is 0 Å². The van der Waals surface area contributed by atoms with E-state index >= 15 is 0 Å². The Hall–Kier alpha value is -4.23. The van der Waals surface area contributed by atoms with Crippen LogP contribution in [0.25, 0.3) is 0 Å². The third-order valence-electron chi connectivity index (χ3n) is 11.6. The summed E-state index contributed by atoms with van der Waals surface area (Å²) in [7, 11) is 0. The molecule has 48 heavy (non-hydrogen) atoms. The lowest BCUT2D eigenvalue weighted by Gasteiger charge is -2.37. The Morgan fingerprint density at radius 1 is 0.729 bits per heavy atom. The van der Waals surface area contributed by atoms with Gasteiger partial charge in [-0.1, -0.05) is 88.4 Å². The number of ether oxygens (including phenoxy) is 4. The molecule has 2 aliphatic heterocycles. The van der Waals surface area contributed by atoms with Gasteiger partial charge in [0.05, 0.1) is 22.8 Å². The molecule has 250 valence electrons.